The molecule has 0 aliphatic heterocycles. The standard InChI is InChI=1S/C17H20N2O3S/c1-12-6-4-5-7-15(12)11-19(3)17(20)14-9-8-13(2)16(10-14)23(18,21)22/h4-10H,11H2,1-3H3,(H2,18,21,22). The normalized spacial score (nSPS) is 11.3. The highest BCUT2D eigenvalue weighted by molar-refractivity contribution is 7.89. The Morgan fingerprint density at radius 2 is 1.74 bits per heavy atom. The number of hydrogen-bond acceptors (Lipinski definition) is 3. The van der Waals surface area contributed by atoms with Gasteiger partial charge in [0.15, 0.2) is 0 Å². The molecule has 0 saturated heterocycles. The van der Waals surface area contributed by atoms with Crippen LogP contribution in [0.25, 0.3) is 0 Å². The maximum Gasteiger partial charge on any atom is 0.253 e. The van der Waals surface area contributed by atoms with E-state index in [4.69, 9.17) is 5.14 Å². The molecule has 0 atom stereocenters. The number of rotatable bonds is 4. The van der Waals surface area contributed by atoms with Crippen LogP contribution in [0, 0.1) is 13.8 Å². The number of hydrogen-bond donors (Lipinski definition) is 1. The van der Waals surface area contributed by atoms with Gasteiger partial charge in [-0.1, -0.05) is 30.3 Å². The van der Waals surface area contributed by atoms with Crippen molar-refractivity contribution in [2.45, 2.75) is 25.3 Å². The SMILES string of the molecule is Cc1ccccc1CN(C)C(=O)c1ccc(C)c(S(N)(=O)=O)c1. The van der Waals surface area contributed by atoms with Gasteiger partial charge in [0.05, 0.1) is 4.90 Å². The summed E-state index contributed by atoms with van der Waals surface area (Å²) in [6, 6.07) is 12.4. The minimum Gasteiger partial charge on any atom is -0.337 e. The Balaban J connectivity index is 2.28. The molecule has 0 saturated carbocycles. The first-order valence-electron chi connectivity index (χ1n) is 7.13. The van der Waals surface area contributed by atoms with Gasteiger partial charge in [-0.25, -0.2) is 13.6 Å². The molecule has 2 aromatic rings. The summed E-state index contributed by atoms with van der Waals surface area (Å²) < 4.78 is 23.2. The first-order valence-corrected chi connectivity index (χ1v) is 8.68. The molecule has 0 unspecified atom stereocenters. The van der Waals surface area contributed by atoms with Crippen LogP contribution in [0.4, 0.5) is 0 Å². The number of nitrogens with two attached hydrogens (primary N) is 1. The lowest BCUT2D eigenvalue weighted by molar-refractivity contribution is 0.0784. The summed E-state index contributed by atoms with van der Waals surface area (Å²) in [5.74, 6) is -0.252. The predicted molar refractivity (Wildman–Crippen MR) is 89.5 cm³/mol. The van der Waals surface area contributed by atoms with Crippen molar-refractivity contribution >= 4 is 15.9 Å². The van der Waals surface area contributed by atoms with Gasteiger partial charge < -0.3 is 4.90 Å². The average molecular weight is 332 g/mol. The van der Waals surface area contributed by atoms with Crippen molar-refractivity contribution in [3.8, 4) is 0 Å². The molecular weight excluding hydrogens is 312 g/mol. The molecule has 5 nitrogen and oxygen atoms in total. The summed E-state index contributed by atoms with van der Waals surface area (Å²) >= 11 is 0. The zero-order valence-electron chi connectivity index (χ0n) is 13.4. The summed E-state index contributed by atoms with van der Waals surface area (Å²) in [5, 5.41) is 5.19. The Hall–Kier alpha value is -2.18. The fourth-order valence-electron chi connectivity index (χ4n) is 2.37. The molecule has 23 heavy (non-hydrogen) atoms. The van der Waals surface area contributed by atoms with E-state index in [2.05, 4.69) is 0 Å². The monoisotopic (exact) mass is 332 g/mol. The van der Waals surface area contributed by atoms with Crippen LogP contribution in [0.5, 0.6) is 0 Å². The molecule has 2 aromatic carbocycles. The average Bonchev–Trinajstić information content (AvgIpc) is 2.48. The third-order valence-electron chi connectivity index (χ3n) is 3.76. The zero-order chi connectivity index (χ0) is 17.2. The third-order valence-corrected chi connectivity index (χ3v) is 4.81. The van der Waals surface area contributed by atoms with Gasteiger partial charge in [0, 0.05) is 19.2 Å². The molecule has 0 spiro atoms. The van der Waals surface area contributed by atoms with E-state index in [1.165, 1.54) is 6.07 Å². The van der Waals surface area contributed by atoms with Crippen LogP contribution in [0.2, 0.25) is 0 Å². The fourth-order valence-corrected chi connectivity index (χ4v) is 3.18. The van der Waals surface area contributed by atoms with Crippen LogP contribution in [0.15, 0.2) is 47.4 Å². The largest absolute Gasteiger partial charge is 0.337 e. The van der Waals surface area contributed by atoms with Crippen molar-refractivity contribution in [1.82, 2.24) is 4.90 Å². The van der Waals surface area contributed by atoms with E-state index in [0.29, 0.717) is 17.7 Å². The van der Waals surface area contributed by atoms with Gasteiger partial charge in [0.1, 0.15) is 0 Å². The lowest BCUT2D eigenvalue weighted by Gasteiger charge is -2.19. The molecule has 0 radical (unpaired) electrons. The highest BCUT2D eigenvalue weighted by Gasteiger charge is 2.18. The van der Waals surface area contributed by atoms with Crippen LogP contribution in [-0.2, 0) is 16.6 Å². The van der Waals surface area contributed by atoms with E-state index in [1.807, 2.05) is 31.2 Å². The highest BCUT2D eigenvalue weighted by atomic mass is 32.2. The summed E-state index contributed by atoms with van der Waals surface area (Å²) in [6.45, 7) is 4.08. The third kappa shape index (κ3) is 3.97. The molecule has 1 amide bonds. The van der Waals surface area contributed by atoms with Gasteiger partial charge >= 0.3 is 0 Å². The summed E-state index contributed by atoms with van der Waals surface area (Å²) in [4.78, 5) is 14.1. The minimum absolute atomic E-state index is 0.0207. The second-order valence-electron chi connectivity index (χ2n) is 5.61. The van der Waals surface area contributed by atoms with Crippen molar-refractivity contribution in [3.05, 3.63) is 64.7 Å². The fraction of sp³-hybridized carbons (Fsp3) is 0.235. The number of primary sulfonamides is 1. The second kappa shape index (κ2) is 6.52. The van der Waals surface area contributed by atoms with E-state index in [9.17, 15) is 13.2 Å². The number of benzene rings is 2. The van der Waals surface area contributed by atoms with Crippen LogP contribution in [0.3, 0.4) is 0 Å². The number of carbonyl (C=O) groups is 1. The maximum atomic E-state index is 12.5. The van der Waals surface area contributed by atoms with Crippen LogP contribution >= 0.6 is 0 Å². The Morgan fingerprint density at radius 3 is 2.35 bits per heavy atom. The number of nitrogens with zero attached hydrogens (tertiary/aromatic N) is 1. The van der Waals surface area contributed by atoms with Crippen LogP contribution in [0.1, 0.15) is 27.0 Å². The molecule has 6 heteroatoms. The van der Waals surface area contributed by atoms with Gasteiger partial charge in [0.25, 0.3) is 5.91 Å². The molecular formula is C17H20N2O3S. The van der Waals surface area contributed by atoms with Crippen molar-refractivity contribution in [1.29, 1.82) is 0 Å². The van der Waals surface area contributed by atoms with Crippen molar-refractivity contribution < 1.29 is 13.2 Å². The molecule has 0 heterocycles. The molecule has 0 aliphatic rings. The first-order chi connectivity index (χ1) is 10.7. The van der Waals surface area contributed by atoms with Crippen LogP contribution in [-0.4, -0.2) is 26.3 Å². The summed E-state index contributed by atoms with van der Waals surface area (Å²) in [5.41, 5.74) is 2.96. The van der Waals surface area contributed by atoms with Gasteiger partial charge in [-0.3, -0.25) is 4.79 Å². The minimum atomic E-state index is -3.85. The van der Waals surface area contributed by atoms with Gasteiger partial charge in [-0.2, -0.15) is 0 Å². The first kappa shape index (κ1) is 17.2. The van der Waals surface area contributed by atoms with Gasteiger partial charge in [0.2, 0.25) is 10.0 Å². The number of carbonyl (C=O) groups excluding carboxylic acids is 1. The van der Waals surface area contributed by atoms with E-state index in [0.717, 1.165) is 11.1 Å². The Kier molecular flexibility index (Phi) is 4.87. The number of sulfonamides is 1. The molecule has 122 valence electrons. The van der Waals surface area contributed by atoms with Crippen molar-refractivity contribution in [3.63, 3.8) is 0 Å². The molecule has 2 rings (SSSR count). The van der Waals surface area contributed by atoms with Crippen molar-refractivity contribution in [2.24, 2.45) is 5.14 Å². The lowest BCUT2D eigenvalue weighted by atomic mass is 10.1. The molecule has 0 fully saturated rings. The predicted octanol–water partition coefficient (Wildman–Crippen LogP) is 2.22. The van der Waals surface area contributed by atoms with E-state index >= 15 is 0 Å². The summed E-state index contributed by atoms with van der Waals surface area (Å²) in [7, 11) is -2.17. The highest BCUT2D eigenvalue weighted by Crippen LogP contribution is 2.18. The maximum absolute atomic E-state index is 12.5. The van der Waals surface area contributed by atoms with Crippen molar-refractivity contribution in [2.75, 3.05) is 7.05 Å². The van der Waals surface area contributed by atoms with E-state index in [1.54, 1.807) is 31.0 Å². The number of aryl methyl sites for hydroxylation is 2. The number of amides is 1. The Bertz CT molecular complexity index is 845. The summed E-state index contributed by atoms with van der Waals surface area (Å²) in [6.07, 6.45) is 0. The molecule has 0 aromatic heterocycles. The molecule has 0 bridgehead atoms. The van der Waals surface area contributed by atoms with Crippen LogP contribution < -0.4 is 5.14 Å². The molecule has 2 N–H and O–H groups in total. The second-order valence-corrected chi connectivity index (χ2v) is 7.14. The smallest absolute Gasteiger partial charge is 0.253 e. The van der Waals surface area contributed by atoms with E-state index in [-0.39, 0.29) is 10.8 Å². The van der Waals surface area contributed by atoms with E-state index < -0.39 is 10.0 Å². The van der Waals surface area contributed by atoms with Gasteiger partial charge in [-0.15, -0.1) is 0 Å². The lowest BCUT2D eigenvalue weighted by Crippen LogP contribution is -2.27. The topological polar surface area (TPSA) is 80.5 Å². The Morgan fingerprint density at radius 1 is 1.09 bits per heavy atom. The quantitative estimate of drug-likeness (QED) is 0.932. The molecule has 0 aliphatic carbocycles. The van der Waals surface area contributed by atoms with Gasteiger partial charge in [-0.05, 0) is 42.7 Å². The Labute approximate surface area is 136 Å². The zero-order valence-corrected chi connectivity index (χ0v) is 14.2.